The first-order valence-corrected chi connectivity index (χ1v) is 9.69. The summed E-state index contributed by atoms with van der Waals surface area (Å²) in [5.41, 5.74) is 1.53. The highest BCUT2D eigenvalue weighted by molar-refractivity contribution is 7.11. The molecule has 8 heteroatoms. The van der Waals surface area contributed by atoms with E-state index in [1.165, 1.54) is 17.5 Å². The zero-order valence-corrected chi connectivity index (χ0v) is 16.2. The molecule has 1 N–H and O–H groups in total. The smallest absolute Gasteiger partial charge is 0.271 e. The van der Waals surface area contributed by atoms with Crippen LogP contribution in [-0.4, -0.2) is 9.91 Å². The number of fused-ring (bicyclic) bond motifs is 1. The number of nitro groups is 1. The van der Waals surface area contributed by atoms with Gasteiger partial charge >= 0.3 is 0 Å². The molecule has 0 amide bonds. The fourth-order valence-electron chi connectivity index (χ4n) is 3.00. The van der Waals surface area contributed by atoms with Crippen LogP contribution in [0.1, 0.15) is 5.01 Å². The van der Waals surface area contributed by atoms with Crippen molar-refractivity contribution in [2.75, 3.05) is 5.32 Å². The molecule has 146 valence electrons. The Bertz CT molecular complexity index is 1340. The average Bonchev–Trinajstić information content (AvgIpc) is 3.24. The van der Waals surface area contributed by atoms with E-state index in [4.69, 9.17) is 0 Å². The van der Waals surface area contributed by atoms with Crippen LogP contribution in [0.15, 0.2) is 72.2 Å². The van der Waals surface area contributed by atoms with E-state index < -0.39 is 10.7 Å². The lowest BCUT2D eigenvalue weighted by Crippen LogP contribution is -1.96. The van der Waals surface area contributed by atoms with Gasteiger partial charge in [0.05, 0.1) is 16.3 Å². The molecule has 30 heavy (non-hydrogen) atoms. The van der Waals surface area contributed by atoms with Crippen LogP contribution in [0.3, 0.4) is 0 Å². The van der Waals surface area contributed by atoms with Gasteiger partial charge in [-0.25, -0.2) is 9.37 Å². The first-order valence-electron chi connectivity index (χ1n) is 8.81. The third kappa shape index (κ3) is 3.74. The lowest BCUT2D eigenvalue weighted by molar-refractivity contribution is -0.384. The quantitative estimate of drug-likeness (QED) is 0.245. The van der Waals surface area contributed by atoms with Gasteiger partial charge in [0, 0.05) is 29.3 Å². The number of aromatic nitrogens is 1. The molecule has 4 aromatic rings. The number of hydrogen-bond donors (Lipinski definition) is 1. The predicted octanol–water partition coefficient (Wildman–Crippen LogP) is 5.99. The highest BCUT2D eigenvalue weighted by atomic mass is 32.1. The van der Waals surface area contributed by atoms with Crippen molar-refractivity contribution in [2.24, 2.45) is 0 Å². The fourth-order valence-corrected chi connectivity index (χ4v) is 3.78. The van der Waals surface area contributed by atoms with Crippen LogP contribution < -0.4 is 5.32 Å². The fraction of sp³-hybridized carbons (Fsp3) is 0. The summed E-state index contributed by atoms with van der Waals surface area (Å²) in [5, 5.41) is 27.5. The molecule has 0 unspecified atom stereocenters. The largest absolute Gasteiger partial charge is 0.358 e. The first kappa shape index (κ1) is 19.2. The van der Waals surface area contributed by atoms with Crippen LogP contribution in [0.5, 0.6) is 0 Å². The van der Waals surface area contributed by atoms with E-state index >= 15 is 0 Å². The summed E-state index contributed by atoms with van der Waals surface area (Å²) in [6.45, 7) is 0. The van der Waals surface area contributed by atoms with Crippen molar-refractivity contribution in [3.8, 4) is 17.3 Å². The van der Waals surface area contributed by atoms with Gasteiger partial charge in [0.2, 0.25) is 0 Å². The number of anilines is 1. The number of nitrogens with one attached hydrogen (secondary N) is 1. The van der Waals surface area contributed by atoms with Gasteiger partial charge in [-0.15, -0.1) is 11.3 Å². The Balaban J connectivity index is 1.66. The Morgan fingerprint density at radius 1 is 1.20 bits per heavy atom. The molecule has 0 bridgehead atoms. The van der Waals surface area contributed by atoms with Crippen LogP contribution in [0, 0.1) is 27.3 Å². The number of non-ortho nitro benzene ring substituents is 1. The number of nitrogens with zero attached hydrogens (tertiary/aromatic N) is 3. The standard InChI is InChI=1S/C22H13FN4O2S/c23-19-9-8-16(27(28)29)10-20(19)25-12-15(11-24)22-26-21(13-30-22)18-7-3-5-14-4-1-2-6-17(14)18/h1-10,12-13,25H/b15-12+. The minimum absolute atomic E-state index is 0.0946. The molecule has 3 aromatic carbocycles. The van der Waals surface area contributed by atoms with Gasteiger partial charge in [-0.3, -0.25) is 10.1 Å². The van der Waals surface area contributed by atoms with Crippen LogP contribution in [0.2, 0.25) is 0 Å². The minimum atomic E-state index is -0.662. The Morgan fingerprint density at radius 3 is 2.80 bits per heavy atom. The van der Waals surface area contributed by atoms with Gasteiger partial charge in [0.1, 0.15) is 22.5 Å². The molecule has 0 radical (unpaired) electrons. The molecule has 0 fully saturated rings. The van der Waals surface area contributed by atoms with Crippen LogP contribution in [0.4, 0.5) is 15.8 Å². The van der Waals surface area contributed by atoms with Gasteiger partial charge in [0.25, 0.3) is 5.69 Å². The van der Waals surface area contributed by atoms with E-state index in [2.05, 4.69) is 10.3 Å². The molecule has 1 aromatic heterocycles. The number of hydrogen-bond acceptors (Lipinski definition) is 6. The molecule has 6 nitrogen and oxygen atoms in total. The Labute approximate surface area is 174 Å². The van der Waals surface area contributed by atoms with E-state index in [-0.39, 0.29) is 16.9 Å². The SMILES string of the molecule is N#C/C(=C\Nc1cc([N+](=O)[O-])ccc1F)c1nc(-c2cccc3ccccc23)cs1. The molecule has 0 aliphatic carbocycles. The topological polar surface area (TPSA) is 91.8 Å². The van der Waals surface area contributed by atoms with Crippen LogP contribution in [0.25, 0.3) is 27.6 Å². The molecule has 0 spiro atoms. The average molecular weight is 416 g/mol. The second kappa shape index (κ2) is 8.11. The molecular weight excluding hydrogens is 403 g/mol. The zero-order chi connectivity index (χ0) is 21.1. The third-order valence-corrected chi connectivity index (χ3v) is 5.33. The monoisotopic (exact) mass is 416 g/mol. The van der Waals surface area contributed by atoms with E-state index in [9.17, 15) is 19.8 Å². The first-order chi connectivity index (χ1) is 14.6. The van der Waals surface area contributed by atoms with Crippen LogP contribution >= 0.6 is 11.3 Å². The summed E-state index contributed by atoms with van der Waals surface area (Å²) in [5.74, 6) is -0.662. The van der Waals surface area contributed by atoms with Gasteiger partial charge < -0.3 is 5.32 Å². The summed E-state index contributed by atoms with van der Waals surface area (Å²) in [6.07, 6.45) is 1.30. The molecule has 0 saturated heterocycles. The van der Waals surface area contributed by atoms with Gasteiger partial charge in [-0.2, -0.15) is 5.26 Å². The highest BCUT2D eigenvalue weighted by Gasteiger charge is 2.13. The number of allylic oxidation sites excluding steroid dienone is 1. The number of thiazole rings is 1. The summed E-state index contributed by atoms with van der Waals surface area (Å²) >= 11 is 1.29. The molecular formula is C22H13FN4O2S. The van der Waals surface area contributed by atoms with E-state index in [1.54, 1.807) is 0 Å². The second-order valence-electron chi connectivity index (χ2n) is 6.30. The van der Waals surface area contributed by atoms with Crippen molar-refractivity contribution in [2.45, 2.75) is 0 Å². The number of rotatable bonds is 5. The molecule has 0 aliphatic heterocycles. The minimum Gasteiger partial charge on any atom is -0.358 e. The Hall–Kier alpha value is -4.09. The number of benzene rings is 3. The Morgan fingerprint density at radius 2 is 2.00 bits per heavy atom. The number of nitriles is 1. The number of halogens is 1. The molecule has 0 atom stereocenters. The van der Waals surface area contributed by atoms with Crippen molar-refractivity contribution in [3.63, 3.8) is 0 Å². The maximum Gasteiger partial charge on any atom is 0.271 e. The highest BCUT2D eigenvalue weighted by Crippen LogP contribution is 2.31. The summed E-state index contributed by atoms with van der Waals surface area (Å²) in [4.78, 5) is 14.8. The molecule has 0 aliphatic rings. The third-order valence-electron chi connectivity index (χ3n) is 4.45. The molecule has 1 heterocycles. The van der Waals surface area contributed by atoms with Gasteiger partial charge in [-0.1, -0.05) is 42.5 Å². The lowest BCUT2D eigenvalue weighted by atomic mass is 10.0. The van der Waals surface area contributed by atoms with Crippen molar-refractivity contribution in [1.82, 2.24) is 4.98 Å². The van der Waals surface area contributed by atoms with Crippen molar-refractivity contribution >= 4 is 39.1 Å². The van der Waals surface area contributed by atoms with Crippen molar-refractivity contribution in [3.05, 3.63) is 93.2 Å². The van der Waals surface area contributed by atoms with Crippen LogP contribution in [-0.2, 0) is 0 Å². The lowest BCUT2D eigenvalue weighted by Gasteiger charge is -2.04. The normalized spacial score (nSPS) is 11.3. The van der Waals surface area contributed by atoms with E-state index in [0.29, 0.717) is 5.01 Å². The zero-order valence-electron chi connectivity index (χ0n) is 15.4. The maximum atomic E-state index is 14.0. The molecule has 0 saturated carbocycles. The number of nitro benzene ring substituents is 1. The van der Waals surface area contributed by atoms with E-state index in [1.807, 2.05) is 53.9 Å². The van der Waals surface area contributed by atoms with Gasteiger partial charge in [0.15, 0.2) is 0 Å². The summed E-state index contributed by atoms with van der Waals surface area (Å²) in [6, 6.07) is 19.1. The van der Waals surface area contributed by atoms with Gasteiger partial charge in [-0.05, 0) is 16.8 Å². The van der Waals surface area contributed by atoms with Crippen molar-refractivity contribution < 1.29 is 9.31 Å². The second-order valence-corrected chi connectivity index (χ2v) is 7.16. The summed E-state index contributed by atoms with van der Waals surface area (Å²) < 4.78 is 14.0. The molecule has 4 rings (SSSR count). The van der Waals surface area contributed by atoms with E-state index in [0.717, 1.165) is 40.2 Å². The summed E-state index contributed by atoms with van der Waals surface area (Å²) in [7, 11) is 0. The predicted molar refractivity (Wildman–Crippen MR) is 115 cm³/mol. The Kier molecular flexibility index (Phi) is 5.20. The maximum absolute atomic E-state index is 14.0. The van der Waals surface area contributed by atoms with Crippen molar-refractivity contribution in [1.29, 1.82) is 5.26 Å².